The fraction of sp³-hybridized carbons (Fsp3) is 0.0476. The minimum absolute atomic E-state index is 0.0950. The third-order valence-corrected chi connectivity index (χ3v) is 13.0. The van der Waals surface area contributed by atoms with Crippen LogP contribution in [-0.2, 0) is 19.5 Å². The Bertz CT molecular complexity index is 4000. The zero-order valence-corrected chi connectivity index (χ0v) is 41.4. The monoisotopic (exact) mass is 1040 g/mol. The van der Waals surface area contributed by atoms with Gasteiger partial charge in [-0.2, -0.15) is 0 Å². The molecule has 9 nitrogen and oxygen atoms in total. The van der Waals surface area contributed by atoms with Crippen molar-refractivity contribution in [2.45, 2.75) is 19.5 Å². The molecule has 0 saturated carbocycles. The Balaban J connectivity index is 0.978. The molecule has 0 bridgehead atoms. The van der Waals surface area contributed by atoms with E-state index in [2.05, 4.69) is 23.4 Å². The first-order chi connectivity index (χ1) is 38.0. The number of fused-ring (bicyclic) bond motifs is 2. The summed E-state index contributed by atoms with van der Waals surface area (Å²) in [6.45, 7) is 7.86. The van der Waals surface area contributed by atoms with Gasteiger partial charge >= 0.3 is 0 Å². The van der Waals surface area contributed by atoms with E-state index in [9.17, 15) is 26.3 Å². The van der Waals surface area contributed by atoms with Gasteiger partial charge in [0.1, 0.15) is 46.6 Å². The summed E-state index contributed by atoms with van der Waals surface area (Å²) in [6.07, 6.45) is 8.17. The maximum Gasteiger partial charge on any atom is 0.161 e. The van der Waals surface area contributed by atoms with E-state index in [1.165, 1.54) is 36.4 Å². The number of nitrogens with zero attached hydrogens (tertiary/aromatic N) is 9. The smallest absolute Gasteiger partial charge is 0.161 e. The summed E-state index contributed by atoms with van der Waals surface area (Å²) in [5.41, 5.74) is 8.97. The highest BCUT2D eigenvalue weighted by Gasteiger charge is 2.22. The Morgan fingerprint density at radius 3 is 1.77 bits per heavy atom. The Hall–Kier alpha value is -10.0. The van der Waals surface area contributed by atoms with Gasteiger partial charge in [-0.15, -0.1) is 0 Å². The number of aliphatic imine (C=N–C) groups is 4. The van der Waals surface area contributed by atoms with Gasteiger partial charge in [-0.25, -0.2) is 46.3 Å². The van der Waals surface area contributed by atoms with Crippen molar-refractivity contribution in [1.29, 1.82) is 0 Å². The molecule has 15 heteroatoms. The van der Waals surface area contributed by atoms with E-state index < -0.39 is 34.9 Å². The van der Waals surface area contributed by atoms with Crippen LogP contribution < -0.4 is 4.90 Å². The lowest BCUT2D eigenvalue weighted by Gasteiger charge is -2.26. The van der Waals surface area contributed by atoms with Crippen molar-refractivity contribution in [3.63, 3.8) is 0 Å². The molecule has 0 fully saturated rings. The van der Waals surface area contributed by atoms with E-state index in [1.807, 2.05) is 154 Å². The van der Waals surface area contributed by atoms with Crippen LogP contribution in [0, 0.1) is 34.9 Å². The first-order valence-corrected chi connectivity index (χ1v) is 24.5. The van der Waals surface area contributed by atoms with Crippen molar-refractivity contribution in [3.05, 3.63) is 263 Å². The van der Waals surface area contributed by atoms with Gasteiger partial charge in [0.25, 0.3) is 0 Å². The molecule has 0 amide bonds. The molecular weight excluding hydrogens is 997 g/mol. The molecule has 10 aromatic rings. The number of hydrogen-bond donors (Lipinski definition) is 0. The molecule has 0 saturated heterocycles. The Morgan fingerprint density at radius 1 is 0.551 bits per heavy atom. The van der Waals surface area contributed by atoms with Crippen LogP contribution in [0.5, 0.6) is 0 Å². The quantitative estimate of drug-likeness (QED) is 0.0655. The van der Waals surface area contributed by atoms with Crippen LogP contribution in [0.3, 0.4) is 0 Å². The minimum atomic E-state index is -0.733. The Labute approximate surface area is 444 Å². The summed E-state index contributed by atoms with van der Waals surface area (Å²) in [4.78, 5) is 30.2. The van der Waals surface area contributed by atoms with Gasteiger partial charge in [0, 0.05) is 70.5 Å². The van der Waals surface area contributed by atoms with Crippen LogP contribution in [0.1, 0.15) is 33.6 Å². The molecule has 1 aliphatic carbocycles. The first kappa shape index (κ1) is 50.2. The molecule has 0 spiro atoms. The maximum atomic E-state index is 14.7. The second-order valence-electron chi connectivity index (χ2n) is 18.2. The van der Waals surface area contributed by atoms with Crippen molar-refractivity contribution in [1.82, 2.24) is 19.1 Å². The number of hydrogen-bond acceptors (Lipinski definition) is 5. The molecule has 2 aromatic heterocycles. The van der Waals surface area contributed by atoms with E-state index in [1.54, 1.807) is 6.07 Å². The molecule has 0 N–H and O–H groups in total. The molecule has 0 unspecified atom stereocenters. The van der Waals surface area contributed by atoms with Crippen molar-refractivity contribution in [2.75, 3.05) is 4.90 Å². The predicted octanol–water partition coefficient (Wildman–Crippen LogP) is 15.3. The Kier molecular flexibility index (Phi) is 13.9. The number of imidazole rings is 2. The van der Waals surface area contributed by atoms with Crippen molar-refractivity contribution < 1.29 is 26.3 Å². The first-order valence-electron chi connectivity index (χ1n) is 24.5. The number of allylic oxidation sites excluding steroid dienone is 3. The zero-order valence-electron chi connectivity index (χ0n) is 41.4. The van der Waals surface area contributed by atoms with Gasteiger partial charge in [0.2, 0.25) is 0 Å². The van der Waals surface area contributed by atoms with E-state index in [0.717, 1.165) is 40.7 Å². The van der Waals surface area contributed by atoms with Crippen molar-refractivity contribution in [2.24, 2.45) is 20.0 Å². The van der Waals surface area contributed by atoms with Crippen LogP contribution in [0.15, 0.2) is 214 Å². The van der Waals surface area contributed by atoms with Crippen LogP contribution in [0.4, 0.5) is 43.4 Å². The number of anilines is 2. The van der Waals surface area contributed by atoms with Crippen LogP contribution in [0.2, 0.25) is 0 Å². The highest BCUT2D eigenvalue weighted by molar-refractivity contribution is 6.13. The summed E-state index contributed by atoms with van der Waals surface area (Å²) in [5.74, 6) is -3.08. The van der Waals surface area contributed by atoms with Gasteiger partial charge in [-0.1, -0.05) is 54.6 Å². The van der Waals surface area contributed by atoms with E-state index in [0.29, 0.717) is 68.7 Å². The van der Waals surface area contributed by atoms with Crippen molar-refractivity contribution in [3.8, 4) is 34.2 Å². The SMILES string of the molecule is C=NC(=NC(=NCc1ccc(-n2c(-c3cc(F)cc(F)c3)nc3ccccc32)cc1)c1ccc(-n2c(-c3cc(F)cc(F)c3)nc3c2C=CC=CC3)cc1)c1ccc(N(Cc2cc(F)cc(F)c2)c2ccccc2N=C)cc1. The number of rotatable bonds is 13. The van der Waals surface area contributed by atoms with Crippen LogP contribution >= 0.6 is 0 Å². The molecule has 0 aliphatic heterocycles. The summed E-state index contributed by atoms with van der Waals surface area (Å²) in [7, 11) is 0. The van der Waals surface area contributed by atoms with Gasteiger partial charge in [-0.3, -0.25) is 19.1 Å². The lowest BCUT2D eigenvalue weighted by Crippen LogP contribution is -2.17. The summed E-state index contributed by atoms with van der Waals surface area (Å²) >= 11 is 0. The number of amidine groups is 2. The lowest BCUT2D eigenvalue weighted by molar-refractivity contribution is 0.579. The largest absolute Gasteiger partial charge is 0.335 e. The number of aromatic nitrogens is 4. The van der Waals surface area contributed by atoms with Crippen LogP contribution in [0.25, 0.3) is 51.3 Å². The molecule has 11 rings (SSSR count). The summed E-state index contributed by atoms with van der Waals surface area (Å²) < 4.78 is 91.1. The molecule has 8 aromatic carbocycles. The van der Waals surface area contributed by atoms with Gasteiger partial charge in [-0.05, 0) is 152 Å². The molecule has 0 radical (unpaired) electrons. The zero-order chi connectivity index (χ0) is 53.9. The van der Waals surface area contributed by atoms with Gasteiger partial charge < -0.3 is 4.90 Å². The average Bonchev–Trinajstić information content (AvgIpc) is 4.04. The van der Waals surface area contributed by atoms with E-state index in [4.69, 9.17) is 20.0 Å². The number of para-hydroxylation sites is 4. The molecule has 2 heterocycles. The van der Waals surface area contributed by atoms with E-state index >= 15 is 0 Å². The normalized spacial score (nSPS) is 12.4. The fourth-order valence-corrected chi connectivity index (χ4v) is 9.48. The fourth-order valence-electron chi connectivity index (χ4n) is 9.48. The number of halogens is 6. The minimum Gasteiger partial charge on any atom is -0.335 e. The second kappa shape index (κ2) is 21.7. The Morgan fingerprint density at radius 2 is 1.12 bits per heavy atom. The second-order valence-corrected chi connectivity index (χ2v) is 18.2. The van der Waals surface area contributed by atoms with Gasteiger partial charge in [0.15, 0.2) is 11.7 Å². The average molecular weight is 1040 g/mol. The molecule has 382 valence electrons. The highest BCUT2D eigenvalue weighted by atomic mass is 19.2. The summed E-state index contributed by atoms with van der Waals surface area (Å²) in [5, 5.41) is 0. The van der Waals surface area contributed by atoms with E-state index in [-0.39, 0.29) is 35.9 Å². The molecule has 0 atom stereocenters. The molecular formula is C63H43F6N9. The summed E-state index contributed by atoms with van der Waals surface area (Å²) in [6, 6.07) is 47.0. The third kappa shape index (κ3) is 10.5. The van der Waals surface area contributed by atoms with Gasteiger partial charge in [0.05, 0.1) is 40.3 Å². The predicted molar refractivity (Wildman–Crippen MR) is 298 cm³/mol. The highest BCUT2D eigenvalue weighted by Crippen LogP contribution is 2.37. The van der Waals surface area contributed by atoms with Crippen LogP contribution in [-0.4, -0.2) is 44.2 Å². The molecule has 78 heavy (non-hydrogen) atoms. The standard InChI is InChI=1S/C63H43F6N9/c1-70-54-10-6-8-13-57(54)76(38-40-28-45(64)34-46(65)29-40)51-24-18-41(19-25-51)60(71-2)75-61(42-20-26-53(27-21-42)78-58-14-5-3-4-11-55(58)73-63(78)44-32-49(68)36-50(69)33-44)72-37-39-16-22-52(23-17-39)77-59-15-9-7-12-56(59)74-62(77)43-30-47(66)35-48(67)31-43/h3-10,12-36H,1-2,11,37-38H2. The molecule has 1 aliphatic rings. The van der Waals surface area contributed by atoms with Crippen molar-refractivity contribution >= 4 is 59.3 Å². The topological polar surface area (TPSA) is 88.3 Å². The third-order valence-electron chi connectivity index (χ3n) is 13.0. The lowest BCUT2D eigenvalue weighted by atomic mass is 10.1. The number of benzene rings is 8. The maximum absolute atomic E-state index is 14.7.